The van der Waals surface area contributed by atoms with Crippen LogP contribution in [0.25, 0.3) is 0 Å². The minimum absolute atomic E-state index is 0.196. The molecule has 1 aromatic heterocycles. The van der Waals surface area contributed by atoms with Gasteiger partial charge in [-0.05, 0) is 43.1 Å². The van der Waals surface area contributed by atoms with Gasteiger partial charge in [-0.1, -0.05) is 37.3 Å². The average Bonchev–Trinajstić information content (AvgIpc) is 2.62. The summed E-state index contributed by atoms with van der Waals surface area (Å²) in [6, 6.07) is 10.8. The Balaban J connectivity index is 1.41. The first-order chi connectivity index (χ1) is 12.2. The highest BCUT2D eigenvalue weighted by molar-refractivity contribution is 5.98. The summed E-state index contributed by atoms with van der Waals surface area (Å²) in [6.07, 6.45) is 6.77. The monoisotopic (exact) mass is 335 g/mol. The van der Waals surface area contributed by atoms with E-state index in [1.165, 1.54) is 18.4 Å². The Hall–Kier alpha value is -2.23. The molecule has 0 radical (unpaired) electrons. The van der Waals surface area contributed by atoms with E-state index in [0.717, 1.165) is 49.1 Å². The number of aromatic nitrogens is 2. The Morgan fingerprint density at radius 3 is 2.64 bits per heavy atom. The number of benzene rings is 1. The van der Waals surface area contributed by atoms with Crippen molar-refractivity contribution < 1.29 is 4.79 Å². The number of hydrogen-bond acceptors (Lipinski definition) is 4. The Labute approximate surface area is 149 Å². The molecule has 1 aliphatic carbocycles. The minimum atomic E-state index is 0.196. The van der Waals surface area contributed by atoms with E-state index < -0.39 is 0 Å². The first kappa shape index (κ1) is 16.2. The van der Waals surface area contributed by atoms with Crippen molar-refractivity contribution in [1.82, 2.24) is 9.97 Å². The van der Waals surface area contributed by atoms with Gasteiger partial charge in [-0.2, -0.15) is 0 Å². The molecule has 0 amide bonds. The number of anilines is 1. The second-order valence-electron chi connectivity index (χ2n) is 7.59. The fourth-order valence-electron chi connectivity index (χ4n) is 4.06. The molecule has 0 bridgehead atoms. The number of rotatable bonds is 3. The van der Waals surface area contributed by atoms with Crippen molar-refractivity contribution in [1.29, 1.82) is 0 Å². The molecule has 4 nitrogen and oxygen atoms in total. The minimum Gasteiger partial charge on any atom is -0.341 e. The van der Waals surface area contributed by atoms with E-state index in [-0.39, 0.29) is 5.78 Å². The van der Waals surface area contributed by atoms with Crippen molar-refractivity contribution in [2.45, 2.75) is 39.0 Å². The smallest absolute Gasteiger partial charge is 0.225 e. The zero-order valence-corrected chi connectivity index (χ0v) is 14.8. The van der Waals surface area contributed by atoms with Crippen LogP contribution in [0.3, 0.4) is 0 Å². The largest absolute Gasteiger partial charge is 0.341 e. The Bertz CT molecular complexity index is 751. The lowest BCUT2D eigenvalue weighted by Crippen LogP contribution is -2.36. The van der Waals surface area contributed by atoms with Crippen LogP contribution >= 0.6 is 0 Å². The first-order valence-corrected chi connectivity index (χ1v) is 9.37. The van der Waals surface area contributed by atoms with Crippen molar-refractivity contribution in [2.24, 2.45) is 11.8 Å². The molecular weight excluding hydrogens is 310 g/mol. The highest BCUT2D eigenvalue weighted by atomic mass is 16.1. The Morgan fingerprint density at radius 1 is 1.12 bits per heavy atom. The molecule has 130 valence electrons. The summed E-state index contributed by atoms with van der Waals surface area (Å²) in [5, 5.41) is 0. The molecule has 4 heteroatoms. The van der Waals surface area contributed by atoms with Gasteiger partial charge in [0.2, 0.25) is 5.95 Å². The van der Waals surface area contributed by atoms with E-state index in [9.17, 15) is 4.79 Å². The predicted molar refractivity (Wildman–Crippen MR) is 98.9 cm³/mol. The number of carbonyl (C=O) groups is 1. The van der Waals surface area contributed by atoms with Crippen molar-refractivity contribution in [3.05, 3.63) is 53.3 Å². The van der Waals surface area contributed by atoms with Crippen molar-refractivity contribution in [3.63, 3.8) is 0 Å². The number of hydrogen-bond donors (Lipinski definition) is 0. The third-order valence-corrected chi connectivity index (χ3v) is 5.50. The molecule has 2 heterocycles. The van der Waals surface area contributed by atoms with E-state index in [1.54, 1.807) is 6.20 Å². The second kappa shape index (κ2) is 6.95. The van der Waals surface area contributed by atoms with Crippen LogP contribution in [0.15, 0.2) is 36.5 Å². The lowest BCUT2D eigenvalue weighted by atomic mass is 9.88. The normalized spacial score (nSPS) is 21.2. The summed E-state index contributed by atoms with van der Waals surface area (Å²) in [5.74, 6) is 2.12. The van der Waals surface area contributed by atoms with E-state index in [0.29, 0.717) is 12.3 Å². The molecule has 4 rings (SSSR count). The first-order valence-electron chi connectivity index (χ1n) is 9.37. The molecule has 1 saturated heterocycles. The van der Waals surface area contributed by atoms with Gasteiger partial charge >= 0.3 is 0 Å². The molecule has 1 aliphatic heterocycles. The maximum Gasteiger partial charge on any atom is 0.225 e. The molecule has 1 fully saturated rings. The average molecular weight is 335 g/mol. The summed E-state index contributed by atoms with van der Waals surface area (Å²) >= 11 is 0. The van der Waals surface area contributed by atoms with Gasteiger partial charge in [0.1, 0.15) is 0 Å². The molecule has 1 atom stereocenters. The zero-order chi connectivity index (χ0) is 17.2. The summed E-state index contributed by atoms with van der Waals surface area (Å²) in [6.45, 7) is 4.12. The van der Waals surface area contributed by atoms with E-state index in [2.05, 4.69) is 47.1 Å². The van der Waals surface area contributed by atoms with Crippen LogP contribution in [0.4, 0.5) is 5.95 Å². The number of carbonyl (C=O) groups excluding carboxylic acids is 1. The fourth-order valence-corrected chi connectivity index (χ4v) is 4.06. The van der Waals surface area contributed by atoms with E-state index >= 15 is 0 Å². The molecule has 2 aliphatic rings. The topological polar surface area (TPSA) is 46.1 Å². The van der Waals surface area contributed by atoms with Crippen LogP contribution in [-0.4, -0.2) is 28.8 Å². The van der Waals surface area contributed by atoms with Gasteiger partial charge in [0.15, 0.2) is 5.78 Å². The van der Waals surface area contributed by atoms with Gasteiger partial charge in [0, 0.05) is 25.7 Å². The summed E-state index contributed by atoms with van der Waals surface area (Å²) in [7, 11) is 0. The molecular formula is C21H25N3O. The van der Waals surface area contributed by atoms with Crippen molar-refractivity contribution in [2.75, 3.05) is 18.0 Å². The quantitative estimate of drug-likeness (QED) is 0.858. The SMILES string of the molecule is C[C@H]1CC(=O)c2cnc(N3CCC(Cc4ccccc4)CC3)nc2C1. The van der Waals surface area contributed by atoms with Gasteiger partial charge in [-0.15, -0.1) is 0 Å². The molecule has 2 aromatic rings. The summed E-state index contributed by atoms with van der Waals surface area (Å²) < 4.78 is 0. The fraction of sp³-hybridized carbons (Fsp3) is 0.476. The van der Waals surface area contributed by atoms with Crippen LogP contribution in [-0.2, 0) is 12.8 Å². The van der Waals surface area contributed by atoms with Gasteiger partial charge < -0.3 is 4.90 Å². The maximum atomic E-state index is 12.1. The maximum absolute atomic E-state index is 12.1. The third-order valence-electron chi connectivity index (χ3n) is 5.50. The lowest BCUT2D eigenvalue weighted by Gasteiger charge is -2.32. The molecule has 1 aromatic carbocycles. The standard InChI is InChI=1S/C21H25N3O/c1-15-11-19-18(20(25)12-15)14-22-21(23-19)24-9-7-17(8-10-24)13-16-5-3-2-4-6-16/h2-6,14-15,17H,7-13H2,1H3/t15-/m1/s1. The second-order valence-corrected chi connectivity index (χ2v) is 7.59. The third kappa shape index (κ3) is 3.58. The molecule has 0 unspecified atom stereocenters. The highest BCUT2D eigenvalue weighted by Gasteiger charge is 2.26. The molecule has 25 heavy (non-hydrogen) atoms. The number of Topliss-reactive ketones (excluding diaryl/α,β-unsaturated/α-hetero) is 1. The van der Waals surface area contributed by atoms with Crippen molar-refractivity contribution >= 4 is 11.7 Å². The highest BCUT2D eigenvalue weighted by Crippen LogP contribution is 2.27. The molecule has 0 spiro atoms. The number of nitrogens with zero attached hydrogens (tertiary/aromatic N) is 3. The van der Waals surface area contributed by atoms with Crippen molar-refractivity contribution in [3.8, 4) is 0 Å². The lowest BCUT2D eigenvalue weighted by molar-refractivity contribution is 0.0951. The Kier molecular flexibility index (Phi) is 4.51. The van der Waals surface area contributed by atoms with Crippen LogP contribution in [0.1, 0.15) is 47.8 Å². The summed E-state index contributed by atoms with van der Waals surface area (Å²) in [4.78, 5) is 23.6. The van der Waals surface area contributed by atoms with Crippen LogP contribution in [0, 0.1) is 11.8 Å². The molecule has 0 saturated carbocycles. The van der Waals surface area contributed by atoms with Crippen LogP contribution in [0.2, 0.25) is 0 Å². The van der Waals surface area contributed by atoms with Gasteiger partial charge in [0.25, 0.3) is 0 Å². The zero-order valence-electron chi connectivity index (χ0n) is 14.8. The predicted octanol–water partition coefficient (Wildman–Crippen LogP) is 3.70. The van der Waals surface area contributed by atoms with E-state index in [4.69, 9.17) is 4.98 Å². The van der Waals surface area contributed by atoms with Gasteiger partial charge in [0.05, 0.1) is 11.3 Å². The van der Waals surface area contributed by atoms with E-state index in [1.807, 2.05) is 0 Å². The molecule has 0 N–H and O–H groups in total. The van der Waals surface area contributed by atoms with Gasteiger partial charge in [-0.25, -0.2) is 9.97 Å². The summed E-state index contributed by atoms with van der Waals surface area (Å²) in [5.41, 5.74) is 3.11. The number of piperidine rings is 1. The number of ketones is 1. The Morgan fingerprint density at radius 2 is 1.88 bits per heavy atom. The number of fused-ring (bicyclic) bond motifs is 1. The van der Waals surface area contributed by atoms with Crippen LogP contribution in [0.5, 0.6) is 0 Å². The van der Waals surface area contributed by atoms with Gasteiger partial charge in [-0.3, -0.25) is 4.79 Å². The van der Waals surface area contributed by atoms with Crippen LogP contribution < -0.4 is 4.90 Å².